The number of benzene rings is 2. The van der Waals surface area contributed by atoms with Crippen LogP contribution in [0.5, 0.6) is 0 Å². The molecule has 1 saturated carbocycles. The Labute approximate surface area is 298 Å². The summed E-state index contributed by atoms with van der Waals surface area (Å²) in [5.41, 5.74) is 6.50. The molecule has 8 nitrogen and oxygen atoms in total. The second kappa shape index (κ2) is 12.8. The zero-order valence-corrected chi connectivity index (χ0v) is 29.8. The molecule has 1 aliphatic carbocycles. The van der Waals surface area contributed by atoms with Crippen molar-refractivity contribution in [3.8, 4) is 0 Å². The van der Waals surface area contributed by atoms with Crippen LogP contribution < -0.4 is 11.1 Å². The predicted molar refractivity (Wildman–Crippen MR) is 204 cm³/mol. The lowest BCUT2D eigenvalue weighted by Crippen LogP contribution is -2.36. The van der Waals surface area contributed by atoms with Crippen LogP contribution in [0.25, 0.3) is 34.0 Å². The van der Waals surface area contributed by atoms with E-state index in [1.807, 2.05) is 82.1 Å². The lowest BCUT2D eigenvalue weighted by molar-refractivity contribution is 0.240. The predicted octanol–water partition coefficient (Wildman–Crippen LogP) is 7.97. The first-order valence-electron chi connectivity index (χ1n) is 18.1. The molecule has 3 aliphatic rings. The molecule has 2 aliphatic heterocycles. The summed E-state index contributed by atoms with van der Waals surface area (Å²) in [6, 6.07) is 24.0. The number of hydrogen-bond acceptors (Lipinski definition) is 6. The molecule has 0 N–H and O–H groups in total. The van der Waals surface area contributed by atoms with E-state index in [2.05, 4.69) is 55.9 Å². The molecule has 0 saturated heterocycles. The van der Waals surface area contributed by atoms with Gasteiger partial charge in [-0.15, -0.1) is 0 Å². The third kappa shape index (κ3) is 6.79. The molecule has 1 fully saturated rings. The minimum Gasteiger partial charge on any atom is -0.296 e. The summed E-state index contributed by atoms with van der Waals surface area (Å²) in [5.74, 6) is 2.83. The van der Waals surface area contributed by atoms with Crippen molar-refractivity contribution in [1.82, 2.24) is 29.1 Å². The van der Waals surface area contributed by atoms with E-state index in [4.69, 9.17) is 9.97 Å². The molecule has 2 unspecified atom stereocenters. The Morgan fingerprint density at radius 3 is 1.88 bits per heavy atom. The molecule has 0 bridgehead atoms. The molecule has 0 spiro atoms. The Bertz CT molecular complexity index is 2410. The molecular weight excluding hydrogens is 633 g/mol. The maximum absolute atomic E-state index is 13.0. The second-order valence-corrected chi connectivity index (χ2v) is 16.0. The normalized spacial score (nSPS) is 20.0. The molecule has 0 amide bonds. The highest BCUT2D eigenvalue weighted by atomic mass is 16.1. The quantitative estimate of drug-likeness (QED) is 0.188. The minimum atomic E-state index is 0.0769. The molecule has 4 aromatic heterocycles. The van der Waals surface area contributed by atoms with Crippen molar-refractivity contribution in [2.75, 3.05) is 0 Å². The van der Waals surface area contributed by atoms with Gasteiger partial charge in [0.05, 0.1) is 27.5 Å². The molecule has 2 aromatic carbocycles. The zero-order chi connectivity index (χ0) is 35.3. The smallest absolute Gasteiger partial charge is 0.261 e. The van der Waals surface area contributed by atoms with Gasteiger partial charge in [-0.3, -0.25) is 28.7 Å². The molecule has 258 valence electrons. The summed E-state index contributed by atoms with van der Waals surface area (Å²) < 4.78 is 3.74. The van der Waals surface area contributed by atoms with Gasteiger partial charge in [0.2, 0.25) is 0 Å². The maximum atomic E-state index is 13.0. The topological polar surface area (TPSA) is 95.6 Å². The fourth-order valence-electron chi connectivity index (χ4n) is 7.67. The molecule has 8 heteroatoms. The highest BCUT2D eigenvalue weighted by Crippen LogP contribution is 2.54. The van der Waals surface area contributed by atoms with E-state index in [-0.39, 0.29) is 21.9 Å². The van der Waals surface area contributed by atoms with Gasteiger partial charge in [0.1, 0.15) is 11.6 Å². The Hall–Kier alpha value is -5.24. The van der Waals surface area contributed by atoms with Crippen molar-refractivity contribution in [3.05, 3.63) is 140 Å². The number of hydrogen-bond donors (Lipinski definition) is 0. The van der Waals surface area contributed by atoms with Crippen LogP contribution in [0.3, 0.4) is 0 Å². The molecule has 2 atom stereocenters. The fourth-order valence-corrected chi connectivity index (χ4v) is 7.67. The highest BCUT2D eigenvalue weighted by Gasteiger charge is 2.40. The fraction of sp³-hybridized carbons (Fsp3) is 0.349. The molecule has 9 rings (SSSR count). The summed E-state index contributed by atoms with van der Waals surface area (Å²) in [7, 11) is 0. The average Bonchev–Trinajstić information content (AvgIpc) is 3.94. The van der Waals surface area contributed by atoms with Crippen molar-refractivity contribution in [2.45, 2.75) is 84.7 Å². The lowest BCUT2D eigenvalue weighted by atomic mass is 9.85. The zero-order valence-electron chi connectivity index (χ0n) is 29.8. The van der Waals surface area contributed by atoms with Crippen LogP contribution in [0, 0.1) is 10.8 Å². The number of fused-ring (bicyclic) bond motifs is 4. The third-order valence-corrected chi connectivity index (χ3v) is 10.8. The van der Waals surface area contributed by atoms with Crippen molar-refractivity contribution >= 4 is 34.0 Å². The average molecular weight is 677 g/mol. The Morgan fingerprint density at radius 1 is 0.667 bits per heavy atom. The van der Waals surface area contributed by atoms with Crippen LogP contribution >= 0.6 is 0 Å². The molecule has 6 heterocycles. The van der Waals surface area contributed by atoms with E-state index in [0.29, 0.717) is 17.2 Å². The van der Waals surface area contributed by atoms with Gasteiger partial charge in [0, 0.05) is 49.9 Å². The first-order chi connectivity index (χ1) is 24.5. The van der Waals surface area contributed by atoms with Crippen LogP contribution in [0.4, 0.5) is 0 Å². The van der Waals surface area contributed by atoms with E-state index < -0.39 is 0 Å². The van der Waals surface area contributed by atoms with Crippen LogP contribution in [-0.2, 0) is 25.9 Å². The number of aromatic nitrogens is 6. The van der Waals surface area contributed by atoms with Crippen LogP contribution in [0.2, 0.25) is 0 Å². The van der Waals surface area contributed by atoms with Crippen molar-refractivity contribution < 1.29 is 0 Å². The van der Waals surface area contributed by atoms with E-state index in [9.17, 15) is 9.59 Å². The SMILES string of the molecule is CC1(C)CCc2nc3cc(/C=C/c4ccccn4)ccc3c(=O)n2C1.CC1(C)CCc2nc3cc(C4CC4c4ccccn4)ccc3c(=O)n2C1. The Balaban J connectivity index is 0.000000147. The van der Waals surface area contributed by atoms with Crippen molar-refractivity contribution in [1.29, 1.82) is 0 Å². The summed E-state index contributed by atoms with van der Waals surface area (Å²) in [5, 5.41) is 1.43. The molecule has 6 aromatic rings. The van der Waals surface area contributed by atoms with Crippen LogP contribution in [0.15, 0.2) is 94.8 Å². The van der Waals surface area contributed by atoms with Crippen LogP contribution in [0.1, 0.15) is 93.0 Å². The van der Waals surface area contributed by atoms with Gasteiger partial charge in [0.25, 0.3) is 11.1 Å². The number of aryl methyl sites for hydroxylation is 2. The van der Waals surface area contributed by atoms with E-state index in [0.717, 1.165) is 84.5 Å². The van der Waals surface area contributed by atoms with E-state index in [1.54, 1.807) is 6.20 Å². The van der Waals surface area contributed by atoms with Gasteiger partial charge in [0.15, 0.2) is 0 Å². The van der Waals surface area contributed by atoms with Gasteiger partial charge < -0.3 is 0 Å². The summed E-state index contributed by atoms with van der Waals surface area (Å²) in [4.78, 5) is 44.2. The lowest BCUT2D eigenvalue weighted by Gasteiger charge is -2.31. The Morgan fingerprint density at radius 2 is 1.27 bits per heavy atom. The van der Waals surface area contributed by atoms with Crippen LogP contribution in [-0.4, -0.2) is 29.1 Å². The van der Waals surface area contributed by atoms with Gasteiger partial charge in [-0.25, -0.2) is 9.97 Å². The first kappa shape index (κ1) is 32.9. The number of pyridine rings is 2. The monoisotopic (exact) mass is 676 g/mol. The van der Waals surface area contributed by atoms with Gasteiger partial charge >= 0.3 is 0 Å². The second-order valence-electron chi connectivity index (χ2n) is 16.0. The summed E-state index contributed by atoms with van der Waals surface area (Å²) in [6.07, 6.45) is 12.6. The first-order valence-corrected chi connectivity index (χ1v) is 18.1. The van der Waals surface area contributed by atoms with Crippen molar-refractivity contribution in [2.24, 2.45) is 10.8 Å². The standard InChI is InChI=1S/C22H23N3O.C21H21N3O/c1-22(2)9-8-20-24-19-11-14(6-7-15(19)21(26)25(20)13-22)16-12-17(16)18-5-3-4-10-23-18;1-21(2)11-10-19-23-18-13-15(6-8-16-5-3-4-12-22-16)7-9-17(18)20(25)24(19)14-21/h3-7,10-11,16-17H,8-9,12-13H2,1-2H3;3-9,12-13H,10-11,14H2,1-2H3/b;8-6+. The summed E-state index contributed by atoms with van der Waals surface area (Å²) >= 11 is 0. The van der Waals surface area contributed by atoms with Gasteiger partial charge in [-0.2, -0.15) is 0 Å². The largest absolute Gasteiger partial charge is 0.296 e. The van der Waals surface area contributed by atoms with E-state index in [1.165, 1.54) is 11.3 Å². The minimum absolute atomic E-state index is 0.0769. The molecule has 0 radical (unpaired) electrons. The molecule has 51 heavy (non-hydrogen) atoms. The Kier molecular flexibility index (Phi) is 8.28. The molecular formula is C43H44N6O2. The number of nitrogens with zero attached hydrogens (tertiary/aromatic N) is 6. The number of rotatable bonds is 4. The highest BCUT2D eigenvalue weighted by molar-refractivity contribution is 5.82. The third-order valence-electron chi connectivity index (χ3n) is 10.8. The van der Waals surface area contributed by atoms with Gasteiger partial charge in [-0.05, 0) is 102 Å². The van der Waals surface area contributed by atoms with E-state index >= 15 is 0 Å². The summed E-state index contributed by atoms with van der Waals surface area (Å²) in [6.45, 7) is 10.4. The maximum Gasteiger partial charge on any atom is 0.261 e. The van der Waals surface area contributed by atoms with Crippen molar-refractivity contribution in [3.63, 3.8) is 0 Å². The van der Waals surface area contributed by atoms with Gasteiger partial charge in [-0.1, -0.05) is 58.0 Å².